The summed E-state index contributed by atoms with van der Waals surface area (Å²) < 4.78 is 38.4. The maximum absolute atomic E-state index is 12.8. The molecule has 0 bridgehead atoms. The molecule has 1 aliphatic heterocycles. The zero-order valence-electron chi connectivity index (χ0n) is 15.0. The number of piperidine rings is 1. The Morgan fingerprint density at radius 2 is 1.81 bits per heavy atom. The molecular weight excluding hydrogens is 351 g/mol. The average Bonchev–Trinajstić information content (AvgIpc) is 2.68. The Hall–Kier alpha value is -2.47. The topological polar surface area (TPSA) is 37.8 Å². The van der Waals surface area contributed by atoms with Crippen molar-refractivity contribution in [3.63, 3.8) is 0 Å². The fourth-order valence-electron chi connectivity index (χ4n) is 3.82. The lowest BCUT2D eigenvalue weighted by Crippen LogP contribution is -2.28. The van der Waals surface area contributed by atoms with Gasteiger partial charge in [-0.05, 0) is 55.5 Å². The van der Waals surface area contributed by atoms with Gasteiger partial charge in [0.05, 0.1) is 16.8 Å². The number of alkyl halides is 3. The van der Waals surface area contributed by atoms with Gasteiger partial charge in [-0.2, -0.15) is 13.2 Å². The van der Waals surface area contributed by atoms with Crippen molar-refractivity contribution in [3.8, 4) is 11.3 Å². The second-order valence-electron chi connectivity index (χ2n) is 7.04. The van der Waals surface area contributed by atoms with E-state index in [2.05, 4.69) is 21.6 Å². The highest BCUT2D eigenvalue weighted by atomic mass is 19.4. The Labute approximate surface area is 155 Å². The molecule has 0 spiro atoms. The molecule has 4 rings (SSSR count). The molecule has 1 aromatic heterocycles. The molecule has 1 atom stereocenters. The number of rotatable bonds is 2. The summed E-state index contributed by atoms with van der Waals surface area (Å²) in [7, 11) is 0. The van der Waals surface area contributed by atoms with Gasteiger partial charge in [0.2, 0.25) is 0 Å². The zero-order chi connectivity index (χ0) is 19.0. The average molecular weight is 371 g/mol. The van der Waals surface area contributed by atoms with Crippen molar-refractivity contribution in [1.82, 2.24) is 15.5 Å². The van der Waals surface area contributed by atoms with E-state index in [-0.39, 0.29) is 0 Å². The van der Waals surface area contributed by atoms with Crippen molar-refractivity contribution >= 4 is 10.9 Å². The van der Waals surface area contributed by atoms with Gasteiger partial charge in [-0.25, -0.2) is 0 Å². The molecule has 2 aromatic carbocycles. The monoisotopic (exact) mass is 371 g/mol. The minimum Gasteiger partial charge on any atom is -0.316 e. The third-order valence-electron chi connectivity index (χ3n) is 5.30. The highest BCUT2D eigenvalue weighted by Crippen LogP contribution is 2.34. The van der Waals surface area contributed by atoms with Gasteiger partial charge in [0, 0.05) is 17.5 Å². The predicted octanol–water partition coefficient (Wildman–Crippen LogP) is 5.09. The van der Waals surface area contributed by atoms with Crippen molar-refractivity contribution in [3.05, 3.63) is 59.2 Å². The van der Waals surface area contributed by atoms with Crippen LogP contribution in [0.3, 0.4) is 0 Å². The minimum absolute atomic E-state index is 0.410. The van der Waals surface area contributed by atoms with Crippen LogP contribution in [0.2, 0.25) is 0 Å². The van der Waals surface area contributed by atoms with Gasteiger partial charge in [0.25, 0.3) is 0 Å². The first-order valence-electron chi connectivity index (χ1n) is 9.09. The molecule has 3 aromatic rings. The SMILES string of the molecule is Cc1c(-c2ccc(C(F)(F)F)cc2)nnc2c(C3CCCNC3)cccc12. The van der Waals surface area contributed by atoms with E-state index in [1.165, 1.54) is 17.7 Å². The van der Waals surface area contributed by atoms with Crippen molar-refractivity contribution in [2.24, 2.45) is 0 Å². The van der Waals surface area contributed by atoms with Crippen LogP contribution in [0.15, 0.2) is 42.5 Å². The summed E-state index contributed by atoms with van der Waals surface area (Å²) in [5, 5.41) is 13.3. The predicted molar refractivity (Wildman–Crippen MR) is 99.6 cm³/mol. The summed E-state index contributed by atoms with van der Waals surface area (Å²) in [4.78, 5) is 0. The fraction of sp³-hybridized carbons (Fsp3) is 0.333. The molecule has 3 nitrogen and oxygen atoms in total. The van der Waals surface area contributed by atoms with Crippen LogP contribution in [-0.4, -0.2) is 23.3 Å². The van der Waals surface area contributed by atoms with Crippen LogP contribution < -0.4 is 5.32 Å². The van der Waals surface area contributed by atoms with Gasteiger partial charge >= 0.3 is 6.18 Å². The molecule has 27 heavy (non-hydrogen) atoms. The van der Waals surface area contributed by atoms with Crippen LogP contribution in [-0.2, 0) is 6.18 Å². The third-order valence-corrected chi connectivity index (χ3v) is 5.30. The molecule has 1 fully saturated rings. The molecule has 1 saturated heterocycles. The van der Waals surface area contributed by atoms with Crippen LogP contribution >= 0.6 is 0 Å². The number of aromatic nitrogens is 2. The summed E-state index contributed by atoms with van der Waals surface area (Å²) in [6.45, 7) is 3.93. The van der Waals surface area contributed by atoms with Gasteiger partial charge in [-0.3, -0.25) is 0 Å². The maximum atomic E-state index is 12.8. The summed E-state index contributed by atoms with van der Waals surface area (Å²) in [5.41, 5.74) is 3.61. The standard InChI is InChI=1S/C21H20F3N3/c1-13-17-5-2-6-18(15-4-3-11-25-12-15)20(17)27-26-19(13)14-7-9-16(10-8-14)21(22,23)24/h2,5-10,15,25H,3-4,11-12H2,1H3. The number of hydrogen-bond acceptors (Lipinski definition) is 3. The lowest BCUT2D eigenvalue weighted by atomic mass is 9.89. The number of nitrogens with zero attached hydrogens (tertiary/aromatic N) is 2. The molecule has 1 N–H and O–H groups in total. The molecule has 0 saturated carbocycles. The van der Waals surface area contributed by atoms with E-state index in [4.69, 9.17) is 0 Å². The van der Waals surface area contributed by atoms with Gasteiger partial charge in [0.1, 0.15) is 0 Å². The first kappa shape index (κ1) is 17.9. The Balaban J connectivity index is 1.76. The van der Waals surface area contributed by atoms with Crippen molar-refractivity contribution < 1.29 is 13.2 Å². The molecule has 1 unspecified atom stereocenters. The quantitative estimate of drug-likeness (QED) is 0.682. The normalized spacial score (nSPS) is 18.0. The van der Waals surface area contributed by atoms with E-state index in [0.29, 0.717) is 17.2 Å². The number of benzene rings is 2. The highest BCUT2D eigenvalue weighted by Gasteiger charge is 2.30. The van der Waals surface area contributed by atoms with Crippen LogP contribution in [0.5, 0.6) is 0 Å². The van der Waals surface area contributed by atoms with E-state index in [0.717, 1.165) is 54.5 Å². The third kappa shape index (κ3) is 3.41. The van der Waals surface area contributed by atoms with Crippen LogP contribution in [0.25, 0.3) is 22.2 Å². The van der Waals surface area contributed by atoms with Gasteiger partial charge in [0.15, 0.2) is 0 Å². The van der Waals surface area contributed by atoms with Gasteiger partial charge < -0.3 is 5.32 Å². The Morgan fingerprint density at radius 1 is 1.04 bits per heavy atom. The largest absolute Gasteiger partial charge is 0.416 e. The molecule has 2 heterocycles. The number of fused-ring (bicyclic) bond motifs is 1. The second-order valence-corrected chi connectivity index (χ2v) is 7.04. The van der Waals surface area contributed by atoms with Gasteiger partial charge in [-0.15, -0.1) is 10.2 Å². The number of hydrogen-bond donors (Lipinski definition) is 1. The van der Waals surface area contributed by atoms with Gasteiger partial charge in [-0.1, -0.05) is 30.3 Å². The Morgan fingerprint density at radius 3 is 2.48 bits per heavy atom. The zero-order valence-corrected chi connectivity index (χ0v) is 15.0. The number of nitrogens with one attached hydrogen (secondary N) is 1. The van der Waals surface area contributed by atoms with Crippen LogP contribution in [0.1, 0.15) is 35.4 Å². The lowest BCUT2D eigenvalue weighted by Gasteiger charge is -2.24. The van der Waals surface area contributed by atoms with E-state index >= 15 is 0 Å². The van der Waals surface area contributed by atoms with E-state index in [9.17, 15) is 13.2 Å². The van der Waals surface area contributed by atoms with Crippen molar-refractivity contribution in [2.75, 3.05) is 13.1 Å². The molecule has 140 valence electrons. The van der Waals surface area contributed by atoms with E-state index < -0.39 is 11.7 Å². The second kappa shape index (κ2) is 6.93. The number of aryl methyl sites for hydroxylation is 1. The Bertz CT molecular complexity index is 959. The summed E-state index contributed by atoms with van der Waals surface area (Å²) in [6.07, 6.45) is -2.09. The first-order valence-corrected chi connectivity index (χ1v) is 9.09. The summed E-state index contributed by atoms with van der Waals surface area (Å²) >= 11 is 0. The molecule has 1 aliphatic rings. The molecular formula is C21H20F3N3. The summed E-state index contributed by atoms with van der Waals surface area (Å²) in [5.74, 6) is 0.410. The minimum atomic E-state index is -4.34. The van der Waals surface area contributed by atoms with Crippen molar-refractivity contribution in [2.45, 2.75) is 31.9 Å². The Kier molecular flexibility index (Phi) is 4.60. The van der Waals surface area contributed by atoms with Crippen LogP contribution in [0, 0.1) is 6.92 Å². The van der Waals surface area contributed by atoms with Crippen molar-refractivity contribution in [1.29, 1.82) is 0 Å². The smallest absolute Gasteiger partial charge is 0.316 e. The maximum Gasteiger partial charge on any atom is 0.416 e. The molecule has 0 amide bonds. The molecule has 6 heteroatoms. The highest BCUT2D eigenvalue weighted by molar-refractivity contribution is 5.89. The molecule has 0 radical (unpaired) electrons. The van der Waals surface area contributed by atoms with E-state index in [1.54, 1.807) is 0 Å². The van der Waals surface area contributed by atoms with E-state index in [1.807, 2.05) is 19.1 Å². The summed E-state index contributed by atoms with van der Waals surface area (Å²) in [6, 6.07) is 11.2. The first-order chi connectivity index (χ1) is 12.9. The molecule has 0 aliphatic carbocycles. The lowest BCUT2D eigenvalue weighted by molar-refractivity contribution is -0.137. The van der Waals surface area contributed by atoms with Crippen LogP contribution in [0.4, 0.5) is 13.2 Å². The number of halogens is 3. The fourth-order valence-corrected chi connectivity index (χ4v) is 3.82.